The lowest BCUT2D eigenvalue weighted by Crippen LogP contribution is -2.04. The maximum atomic E-state index is 5.81. The van der Waals surface area contributed by atoms with Crippen LogP contribution in [0.4, 0.5) is 0 Å². The molecule has 1 aromatic carbocycles. The fourth-order valence-electron chi connectivity index (χ4n) is 2.03. The first-order chi connectivity index (χ1) is 7.31. The molecule has 82 valence electrons. The maximum Gasteiger partial charge on any atom is 0.122 e. The second kappa shape index (κ2) is 4.89. The van der Waals surface area contributed by atoms with E-state index >= 15 is 0 Å². The Bertz CT molecular complexity index is 324. The molecule has 2 rings (SSSR count). The first-order valence-corrected chi connectivity index (χ1v) is 6.12. The Morgan fingerprint density at radius 2 is 2.27 bits per heavy atom. The highest BCUT2D eigenvalue weighted by Crippen LogP contribution is 2.36. The number of ether oxygens (including phenoxy) is 1. The molecule has 0 radical (unpaired) electrons. The normalized spacial score (nSPS) is 20.8. The van der Waals surface area contributed by atoms with Gasteiger partial charge < -0.3 is 4.74 Å². The van der Waals surface area contributed by atoms with Crippen molar-refractivity contribution < 1.29 is 4.74 Å². The van der Waals surface area contributed by atoms with Crippen molar-refractivity contribution in [2.75, 3.05) is 12.5 Å². The van der Waals surface area contributed by atoms with Crippen LogP contribution in [0.15, 0.2) is 24.3 Å². The molecule has 0 N–H and O–H groups in total. The van der Waals surface area contributed by atoms with E-state index in [9.17, 15) is 0 Å². The molecule has 0 spiro atoms. The average molecular weight is 225 g/mol. The Labute approximate surface area is 96.4 Å². The Kier molecular flexibility index (Phi) is 3.53. The molecular weight excluding hydrogens is 208 g/mol. The summed E-state index contributed by atoms with van der Waals surface area (Å²) in [5, 5.41) is 0. The summed E-state index contributed by atoms with van der Waals surface area (Å²) >= 11 is 5.81. The predicted octanol–water partition coefficient (Wildman–Crippen LogP) is 3.82. The Morgan fingerprint density at radius 3 is 3.07 bits per heavy atom. The van der Waals surface area contributed by atoms with Crippen molar-refractivity contribution in [2.45, 2.75) is 25.7 Å². The van der Waals surface area contributed by atoms with Crippen molar-refractivity contribution in [2.24, 2.45) is 5.92 Å². The molecule has 1 nitrogen and oxygen atoms in total. The van der Waals surface area contributed by atoms with Gasteiger partial charge in [-0.25, -0.2) is 0 Å². The minimum absolute atomic E-state index is 0.576. The second-order valence-corrected chi connectivity index (χ2v) is 4.69. The van der Waals surface area contributed by atoms with Crippen molar-refractivity contribution in [1.29, 1.82) is 0 Å². The van der Waals surface area contributed by atoms with E-state index in [1.54, 1.807) is 0 Å². The summed E-state index contributed by atoms with van der Waals surface area (Å²) in [4.78, 5) is 0. The minimum Gasteiger partial charge on any atom is -0.493 e. The average Bonchev–Trinajstić information content (AvgIpc) is 2.69. The van der Waals surface area contributed by atoms with Gasteiger partial charge in [0.2, 0.25) is 0 Å². The summed E-state index contributed by atoms with van der Waals surface area (Å²) in [6, 6.07) is 8.35. The summed E-state index contributed by atoms with van der Waals surface area (Å²) in [6.07, 6.45) is 2.37. The summed E-state index contributed by atoms with van der Waals surface area (Å²) in [7, 11) is 0. The smallest absolute Gasteiger partial charge is 0.122 e. The van der Waals surface area contributed by atoms with Crippen LogP contribution in [0, 0.1) is 5.92 Å². The lowest BCUT2D eigenvalue weighted by Gasteiger charge is -2.11. The topological polar surface area (TPSA) is 9.23 Å². The fraction of sp³-hybridized carbons (Fsp3) is 0.538. The molecule has 0 amide bonds. The standard InChI is InChI=1S/C13H17ClO/c1-10(8-14)6-7-11-9-15-13-5-3-2-4-12(11)13/h2-5,10-11H,6-9H2,1H3. The number of para-hydroxylation sites is 1. The van der Waals surface area contributed by atoms with Crippen LogP contribution in [0.5, 0.6) is 5.75 Å². The molecule has 15 heavy (non-hydrogen) atoms. The molecule has 1 aliphatic heterocycles. The third kappa shape index (κ3) is 2.46. The van der Waals surface area contributed by atoms with Gasteiger partial charge in [-0.15, -0.1) is 11.6 Å². The van der Waals surface area contributed by atoms with Gasteiger partial charge in [0.15, 0.2) is 0 Å². The van der Waals surface area contributed by atoms with Gasteiger partial charge in [0.05, 0.1) is 6.61 Å². The summed E-state index contributed by atoms with van der Waals surface area (Å²) < 4.78 is 5.64. The first-order valence-electron chi connectivity index (χ1n) is 5.59. The largest absolute Gasteiger partial charge is 0.493 e. The van der Waals surface area contributed by atoms with Gasteiger partial charge in [0, 0.05) is 17.4 Å². The third-order valence-electron chi connectivity index (χ3n) is 3.07. The monoisotopic (exact) mass is 224 g/mol. The zero-order valence-corrected chi connectivity index (χ0v) is 9.83. The lowest BCUT2D eigenvalue weighted by atomic mass is 9.93. The van der Waals surface area contributed by atoms with Gasteiger partial charge in [-0.1, -0.05) is 25.1 Å². The van der Waals surface area contributed by atoms with Crippen LogP contribution in [0.3, 0.4) is 0 Å². The van der Waals surface area contributed by atoms with E-state index in [-0.39, 0.29) is 0 Å². The van der Waals surface area contributed by atoms with Crippen molar-refractivity contribution >= 4 is 11.6 Å². The van der Waals surface area contributed by atoms with Crippen LogP contribution in [0.1, 0.15) is 31.2 Å². The van der Waals surface area contributed by atoms with Gasteiger partial charge in [0.1, 0.15) is 5.75 Å². The molecule has 1 heterocycles. The number of hydrogen-bond acceptors (Lipinski definition) is 1. The van der Waals surface area contributed by atoms with Crippen molar-refractivity contribution in [3.63, 3.8) is 0 Å². The van der Waals surface area contributed by atoms with Crippen LogP contribution >= 0.6 is 11.6 Å². The highest BCUT2D eigenvalue weighted by atomic mass is 35.5. The molecule has 1 aromatic rings. The Hall–Kier alpha value is -0.690. The molecule has 2 atom stereocenters. The highest BCUT2D eigenvalue weighted by Gasteiger charge is 2.23. The van der Waals surface area contributed by atoms with Crippen molar-refractivity contribution in [3.05, 3.63) is 29.8 Å². The van der Waals surface area contributed by atoms with Crippen molar-refractivity contribution in [3.8, 4) is 5.75 Å². The molecular formula is C13H17ClO. The molecule has 0 fully saturated rings. The molecule has 0 bridgehead atoms. The van der Waals surface area contributed by atoms with Crippen LogP contribution < -0.4 is 4.74 Å². The number of rotatable bonds is 4. The number of fused-ring (bicyclic) bond motifs is 1. The molecule has 1 aliphatic rings. The van der Waals surface area contributed by atoms with Crippen LogP contribution in [0.2, 0.25) is 0 Å². The minimum atomic E-state index is 0.576. The molecule has 0 aliphatic carbocycles. The molecule has 0 aromatic heterocycles. The summed E-state index contributed by atoms with van der Waals surface area (Å²) in [5.74, 6) is 3.02. The number of hydrogen-bond donors (Lipinski definition) is 0. The number of halogens is 1. The van der Waals surface area contributed by atoms with Crippen LogP contribution in [0.25, 0.3) is 0 Å². The van der Waals surface area contributed by atoms with Crippen LogP contribution in [-0.4, -0.2) is 12.5 Å². The van der Waals surface area contributed by atoms with Gasteiger partial charge in [-0.3, -0.25) is 0 Å². The van der Waals surface area contributed by atoms with E-state index in [0.717, 1.165) is 18.2 Å². The Balaban J connectivity index is 1.96. The first kappa shape index (κ1) is 10.8. The van der Waals surface area contributed by atoms with E-state index in [1.807, 2.05) is 6.07 Å². The molecule has 2 heteroatoms. The van der Waals surface area contributed by atoms with E-state index in [0.29, 0.717) is 11.8 Å². The van der Waals surface area contributed by atoms with Gasteiger partial charge in [-0.05, 0) is 24.8 Å². The second-order valence-electron chi connectivity index (χ2n) is 4.38. The van der Waals surface area contributed by atoms with Crippen molar-refractivity contribution in [1.82, 2.24) is 0 Å². The van der Waals surface area contributed by atoms with Gasteiger partial charge in [0.25, 0.3) is 0 Å². The lowest BCUT2D eigenvalue weighted by molar-refractivity contribution is 0.318. The van der Waals surface area contributed by atoms with E-state index in [1.165, 1.54) is 18.4 Å². The molecule has 0 saturated carbocycles. The van der Waals surface area contributed by atoms with E-state index in [4.69, 9.17) is 16.3 Å². The van der Waals surface area contributed by atoms with E-state index < -0.39 is 0 Å². The van der Waals surface area contributed by atoms with Gasteiger partial charge >= 0.3 is 0 Å². The zero-order chi connectivity index (χ0) is 10.7. The van der Waals surface area contributed by atoms with Gasteiger partial charge in [-0.2, -0.15) is 0 Å². The summed E-state index contributed by atoms with van der Waals surface area (Å²) in [6.45, 7) is 3.04. The molecule has 2 unspecified atom stereocenters. The summed E-state index contributed by atoms with van der Waals surface area (Å²) in [5.41, 5.74) is 1.37. The molecule has 0 saturated heterocycles. The SMILES string of the molecule is CC(CCl)CCC1COc2ccccc21. The number of benzene rings is 1. The highest BCUT2D eigenvalue weighted by molar-refractivity contribution is 6.18. The maximum absolute atomic E-state index is 5.81. The zero-order valence-electron chi connectivity index (χ0n) is 9.08. The quantitative estimate of drug-likeness (QED) is 0.707. The Morgan fingerprint density at radius 1 is 1.47 bits per heavy atom. The fourth-order valence-corrected chi connectivity index (χ4v) is 2.19. The number of alkyl halides is 1. The van der Waals surface area contributed by atoms with Crippen LogP contribution in [-0.2, 0) is 0 Å². The van der Waals surface area contributed by atoms with E-state index in [2.05, 4.69) is 25.1 Å². The third-order valence-corrected chi connectivity index (χ3v) is 3.60. The predicted molar refractivity (Wildman–Crippen MR) is 63.8 cm³/mol.